The normalized spacial score (nSPS) is 21.3. The molecular weight excluding hydrogens is 589 g/mol. The zero-order valence-corrected chi connectivity index (χ0v) is 25.4. The summed E-state index contributed by atoms with van der Waals surface area (Å²) < 4.78 is 39.6. The van der Waals surface area contributed by atoms with Crippen LogP contribution in [0.15, 0.2) is 35.1 Å². The van der Waals surface area contributed by atoms with Gasteiger partial charge in [-0.2, -0.15) is 4.98 Å². The summed E-state index contributed by atoms with van der Waals surface area (Å²) in [6.07, 6.45) is 7.90. The number of rotatable bonds is 9. The van der Waals surface area contributed by atoms with Crippen molar-refractivity contribution in [2.75, 3.05) is 19.5 Å². The van der Waals surface area contributed by atoms with Gasteiger partial charge in [0.05, 0.1) is 29.8 Å². The highest BCUT2D eigenvalue weighted by Gasteiger charge is 2.40. The number of ether oxygens (including phenoxy) is 2. The van der Waals surface area contributed by atoms with Crippen LogP contribution in [-0.4, -0.2) is 49.3 Å². The third-order valence-electron chi connectivity index (χ3n) is 8.31. The third kappa shape index (κ3) is 5.77. The molecule has 3 atom stereocenters. The molecule has 2 heterocycles. The Labute approximate surface area is 249 Å². The minimum atomic E-state index is -3.62. The number of pyridine rings is 1. The molecule has 0 bridgehead atoms. The smallest absolute Gasteiger partial charge is 0.259 e. The van der Waals surface area contributed by atoms with E-state index in [0.29, 0.717) is 40.3 Å². The molecule has 2 aliphatic carbocycles. The topological polar surface area (TPSA) is 124 Å². The second-order valence-corrected chi connectivity index (χ2v) is 13.1. The van der Waals surface area contributed by atoms with Gasteiger partial charge >= 0.3 is 0 Å². The Morgan fingerprint density at radius 3 is 2.29 bits per heavy atom. The largest absolute Gasteiger partial charge is 0.495 e. The highest BCUT2D eigenvalue weighted by atomic mass is 35.5. The van der Waals surface area contributed by atoms with Gasteiger partial charge in [0.1, 0.15) is 17.1 Å². The number of aryl methyl sites for hydroxylation is 1. The predicted molar refractivity (Wildman–Crippen MR) is 161 cm³/mol. The number of aromatic nitrogens is 3. The van der Waals surface area contributed by atoms with Crippen LogP contribution in [0.2, 0.25) is 10.0 Å². The molecule has 1 unspecified atom stereocenters. The zero-order valence-electron chi connectivity index (χ0n) is 23.1. The lowest BCUT2D eigenvalue weighted by atomic mass is 9.89. The predicted octanol–water partition coefficient (Wildman–Crippen LogP) is 5.13. The van der Waals surface area contributed by atoms with Crippen LogP contribution in [0.1, 0.15) is 38.5 Å². The minimum Gasteiger partial charge on any atom is -0.495 e. The van der Waals surface area contributed by atoms with E-state index in [4.69, 9.17) is 32.7 Å². The van der Waals surface area contributed by atoms with Crippen LogP contribution in [0, 0.1) is 11.8 Å². The average molecular weight is 623 g/mol. The van der Waals surface area contributed by atoms with Crippen LogP contribution in [0.5, 0.6) is 11.5 Å². The maximum absolute atomic E-state index is 13.6. The fourth-order valence-electron chi connectivity index (χ4n) is 6.22. The quantitative estimate of drug-likeness (QED) is 0.337. The van der Waals surface area contributed by atoms with Gasteiger partial charge in [-0.1, -0.05) is 55.5 Å². The van der Waals surface area contributed by atoms with Crippen molar-refractivity contribution in [3.8, 4) is 22.6 Å². The number of hydrogen-bond donors (Lipinski definition) is 2. The Bertz CT molecular complexity index is 1630. The number of sulfonamides is 1. The maximum atomic E-state index is 13.6. The van der Waals surface area contributed by atoms with E-state index in [0.717, 1.165) is 18.2 Å². The number of benzene rings is 1. The first-order valence-electron chi connectivity index (χ1n) is 13.4. The van der Waals surface area contributed by atoms with Crippen LogP contribution < -0.4 is 25.1 Å². The van der Waals surface area contributed by atoms with Crippen molar-refractivity contribution in [1.82, 2.24) is 19.3 Å². The van der Waals surface area contributed by atoms with Crippen molar-refractivity contribution in [3.63, 3.8) is 0 Å². The first-order valence-corrected chi connectivity index (χ1v) is 15.8. The van der Waals surface area contributed by atoms with Crippen molar-refractivity contribution in [1.29, 1.82) is 0 Å². The van der Waals surface area contributed by atoms with E-state index in [1.807, 2.05) is 0 Å². The van der Waals surface area contributed by atoms with E-state index in [1.165, 1.54) is 44.5 Å². The van der Waals surface area contributed by atoms with Crippen LogP contribution >= 0.6 is 23.2 Å². The molecule has 0 spiro atoms. The molecule has 5 rings (SSSR count). The summed E-state index contributed by atoms with van der Waals surface area (Å²) in [6.45, 7) is 3.43. The van der Waals surface area contributed by atoms with Crippen molar-refractivity contribution >= 4 is 50.2 Å². The molecule has 2 fully saturated rings. The molecule has 0 radical (unpaired) electrons. The van der Waals surface area contributed by atoms with E-state index in [9.17, 15) is 13.2 Å². The second kappa shape index (κ2) is 11.8. The Morgan fingerprint density at radius 1 is 1.05 bits per heavy atom. The van der Waals surface area contributed by atoms with Crippen molar-refractivity contribution < 1.29 is 17.9 Å². The monoisotopic (exact) mass is 621 g/mol. The Hall–Kier alpha value is -2.86. The highest BCUT2D eigenvalue weighted by molar-refractivity contribution is 7.92. The van der Waals surface area contributed by atoms with E-state index < -0.39 is 10.0 Å². The summed E-state index contributed by atoms with van der Waals surface area (Å²) in [5, 5.41) is 5.23. The highest BCUT2D eigenvalue weighted by Crippen LogP contribution is 2.45. The van der Waals surface area contributed by atoms with Gasteiger partial charge in [-0.15, -0.1) is 0 Å². The fraction of sp³-hybridized carbons (Fsp3) is 0.464. The fourth-order valence-corrected chi connectivity index (χ4v) is 7.71. The Kier molecular flexibility index (Phi) is 8.52. The summed E-state index contributed by atoms with van der Waals surface area (Å²) in [5.74, 6) is 1.92. The number of methoxy groups -OCH3 is 2. The van der Waals surface area contributed by atoms with Crippen LogP contribution in [0.25, 0.3) is 22.2 Å². The van der Waals surface area contributed by atoms with Gasteiger partial charge in [0.15, 0.2) is 0 Å². The lowest BCUT2D eigenvalue weighted by Crippen LogP contribution is -2.42. The molecule has 2 N–H and O–H groups in total. The number of anilines is 1. The van der Waals surface area contributed by atoms with Gasteiger partial charge in [-0.05, 0) is 30.7 Å². The molecule has 220 valence electrons. The summed E-state index contributed by atoms with van der Waals surface area (Å²) in [7, 11) is 0.915. The van der Waals surface area contributed by atoms with E-state index >= 15 is 0 Å². The Balaban J connectivity index is 1.50. The van der Waals surface area contributed by atoms with Gasteiger partial charge < -0.3 is 14.8 Å². The molecule has 0 amide bonds. The maximum Gasteiger partial charge on any atom is 0.259 e. The first-order chi connectivity index (χ1) is 19.6. The van der Waals surface area contributed by atoms with Crippen molar-refractivity contribution in [3.05, 3.63) is 50.7 Å². The SMILES string of the molecule is C=CS(=O)(=O)N[C@H]1CC(C2CCCC2)C[C@H]1Nc1ncc2cc(-c3c(Cl)c(OC)cc(OC)c3Cl)c(=O)n(C)c2n1. The van der Waals surface area contributed by atoms with Crippen molar-refractivity contribution in [2.24, 2.45) is 18.9 Å². The second-order valence-electron chi connectivity index (χ2n) is 10.6. The van der Waals surface area contributed by atoms with Gasteiger partial charge in [0.2, 0.25) is 16.0 Å². The van der Waals surface area contributed by atoms with Crippen LogP contribution in [0.3, 0.4) is 0 Å². The Morgan fingerprint density at radius 2 is 1.68 bits per heavy atom. The van der Waals surface area contributed by atoms with Crippen LogP contribution in [0.4, 0.5) is 5.95 Å². The number of fused-ring (bicyclic) bond motifs is 1. The zero-order chi connectivity index (χ0) is 29.5. The number of nitrogens with zero attached hydrogens (tertiary/aromatic N) is 3. The molecule has 1 aromatic carbocycles. The summed E-state index contributed by atoms with van der Waals surface area (Å²) >= 11 is 13.2. The number of nitrogens with one attached hydrogen (secondary N) is 2. The molecule has 2 saturated carbocycles. The van der Waals surface area contributed by atoms with Gasteiger partial charge in [0, 0.05) is 47.8 Å². The molecule has 2 aliphatic rings. The molecule has 13 heteroatoms. The van der Waals surface area contributed by atoms with Crippen molar-refractivity contribution in [2.45, 2.75) is 50.6 Å². The van der Waals surface area contributed by atoms with Gasteiger partial charge in [-0.3, -0.25) is 9.36 Å². The van der Waals surface area contributed by atoms with E-state index in [-0.39, 0.29) is 38.8 Å². The minimum absolute atomic E-state index is 0.181. The molecule has 10 nitrogen and oxygen atoms in total. The average Bonchev–Trinajstić information content (AvgIpc) is 3.62. The summed E-state index contributed by atoms with van der Waals surface area (Å²) in [4.78, 5) is 22.7. The molecular formula is C28H33Cl2N5O5S. The summed E-state index contributed by atoms with van der Waals surface area (Å²) in [5.41, 5.74) is 0.549. The molecule has 2 aromatic heterocycles. The molecule has 0 saturated heterocycles. The van der Waals surface area contributed by atoms with E-state index in [2.05, 4.69) is 26.6 Å². The lowest BCUT2D eigenvalue weighted by molar-refractivity contribution is 0.341. The molecule has 0 aliphatic heterocycles. The standard InChI is InChI=1S/C28H33Cl2N5O5S/c1-5-41(37,38)34-20-12-16(15-8-6-7-9-15)11-19(20)32-28-31-14-17-10-18(27(36)35(2)26(17)33-28)23-24(29)21(39-3)13-22(40-4)25(23)30/h5,10,13-16,19-20,34H,1,6-9,11-12H2,2-4H3,(H,31,32,33)/t16?,19-,20+/m1/s1. The number of halogens is 2. The molecule has 41 heavy (non-hydrogen) atoms. The molecule has 3 aromatic rings. The van der Waals surface area contributed by atoms with Crippen LogP contribution in [-0.2, 0) is 17.1 Å². The van der Waals surface area contributed by atoms with Gasteiger partial charge in [-0.25, -0.2) is 18.1 Å². The number of hydrogen-bond acceptors (Lipinski definition) is 8. The summed E-state index contributed by atoms with van der Waals surface area (Å²) in [6, 6.07) is 2.65. The van der Waals surface area contributed by atoms with E-state index in [1.54, 1.807) is 25.4 Å². The third-order valence-corrected chi connectivity index (χ3v) is 10.1. The first kappa shape index (κ1) is 29.6. The lowest BCUT2D eigenvalue weighted by Gasteiger charge is -2.21. The van der Waals surface area contributed by atoms with Gasteiger partial charge in [0.25, 0.3) is 5.56 Å².